The molecule has 2 aromatic rings. The topological polar surface area (TPSA) is 30.2 Å². The fraction of sp³-hybridized carbons (Fsp3) is 0.250. The van der Waals surface area contributed by atoms with Crippen molar-refractivity contribution in [1.29, 1.82) is 0 Å². The maximum atomic E-state index is 11.5. The van der Waals surface area contributed by atoms with Crippen molar-refractivity contribution < 1.29 is 14.1 Å². The van der Waals surface area contributed by atoms with Crippen molar-refractivity contribution in [3.63, 3.8) is 0 Å². The van der Waals surface area contributed by atoms with E-state index < -0.39 is 0 Å². The van der Waals surface area contributed by atoms with Gasteiger partial charge in [-0.1, -0.05) is 30.3 Å². The summed E-state index contributed by atoms with van der Waals surface area (Å²) < 4.78 is 7.01. The molecule has 19 heavy (non-hydrogen) atoms. The van der Waals surface area contributed by atoms with E-state index >= 15 is 0 Å². The number of benzene rings is 1. The van der Waals surface area contributed by atoms with E-state index in [0.717, 1.165) is 13.0 Å². The lowest BCUT2D eigenvalue weighted by Gasteiger charge is -2.01. The molecule has 1 aromatic heterocycles. The number of pyridine rings is 1. The largest absolute Gasteiger partial charge is 0.462 e. The molecule has 0 amide bonds. The second-order valence-electron chi connectivity index (χ2n) is 4.28. The number of aryl methyl sites for hydroxylation is 2. The molecule has 0 radical (unpaired) electrons. The van der Waals surface area contributed by atoms with Gasteiger partial charge in [0.2, 0.25) is 0 Å². The molecule has 2 rings (SSSR count). The average molecular weight is 256 g/mol. The summed E-state index contributed by atoms with van der Waals surface area (Å²) in [6.07, 6.45) is 4.80. The SMILES string of the molecule is CCOC(=O)c1cc[n+](CCc2ccccc2)cc1. The monoisotopic (exact) mass is 256 g/mol. The van der Waals surface area contributed by atoms with Crippen LogP contribution in [-0.2, 0) is 17.7 Å². The molecule has 0 spiro atoms. The standard InChI is InChI=1S/C16H18NO2/c1-2-19-16(18)15-9-12-17(13-10-15)11-8-14-6-4-3-5-7-14/h3-7,9-10,12-13H,2,8,11H2,1H3/q+1. The summed E-state index contributed by atoms with van der Waals surface area (Å²) in [6, 6.07) is 13.9. The fourth-order valence-corrected chi connectivity index (χ4v) is 1.86. The molecule has 0 unspecified atom stereocenters. The van der Waals surface area contributed by atoms with Crippen LogP contribution in [0.1, 0.15) is 22.8 Å². The van der Waals surface area contributed by atoms with Gasteiger partial charge < -0.3 is 4.74 Å². The number of hydrogen-bond donors (Lipinski definition) is 0. The van der Waals surface area contributed by atoms with E-state index in [-0.39, 0.29) is 5.97 Å². The van der Waals surface area contributed by atoms with Crippen LogP contribution in [-0.4, -0.2) is 12.6 Å². The molecule has 0 aliphatic rings. The second kappa shape index (κ2) is 6.69. The average Bonchev–Trinajstić information content (AvgIpc) is 2.47. The predicted molar refractivity (Wildman–Crippen MR) is 72.7 cm³/mol. The van der Waals surface area contributed by atoms with Gasteiger partial charge in [0.25, 0.3) is 0 Å². The van der Waals surface area contributed by atoms with Crippen molar-refractivity contribution >= 4 is 5.97 Å². The van der Waals surface area contributed by atoms with Crippen molar-refractivity contribution in [2.45, 2.75) is 19.9 Å². The second-order valence-corrected chi connectivity index (χ2v) is 4.28. The van der Waals surface area contributed by atoms with Gasteiger partial charge in [-0.2, -0.15) is 0 Å². The Labute approximate surface area is 113 Å². The molecule has 98 valence electrons. The summed E-state index contributed by atoms with van der Waals surface area (Å²) in [5.74, 6) is -0.266. The molecule has 0 N–H and O–H groups in total. The van der Waals surface area contributed by atoms with Crippen LogP contribution in [0, 0.1) is 0 Å². The van der Waals surface area contributed by atoms with Gasteiger partial charge in [-0.15, -0.1) is 0 Å². The molecule has 0 fully saturated rings. The first-order chi connectivity index (χ1) is 9.29. The summed E-state index contributed by atoms with van der Waals surface area (Å²) >= 11 is 0. The molecule has 1 heterocycles. The molecular formula is C16H18NO2+. The van der Waals surface area contributed by atoms with Gasteiger partial charge in [-0.3, -0.25) is 0 Å². The maximum Gasteiger partial charge on any atom is 0.338 e. The summed E-state index contributed by atoms with van der Waals surface area (Å²) in [5.41, 5.74) is 1.90. The smallest absolute Gasteiger partial charge is 0.338 e. The number of carbonyl (C=O) groups is 1. The molecule has 0 saturated heterocycles. The first kappa shape index (κ1) is 13.3. The molecule has 1 aromatic carbocycles. The Morgan fingerprint density at radius 3 is 2.42 bits per heavy atom. The van der Waals surface area contributed by atoms with Gasteiger partial charge in [0, 0.05) is 18.6 Å². The van der Waals surface area contributed by atoms with Crippen LogP contribution in [0.5, 0.6) is 0 Å². The van der Waals surface area contributed by atoms with E-state index in [9.17, 15) is 4.79 Å². The zero-order chi connectivity index (χ0) is 13.5. The Morgan fingerprint density at radius 2 is 1.79 bits per heavy atom. The Kier molecular flexibility index (Phi) is 4.67. The van der Waals surface area contributed by atoms with Gasteiger partial charge in [-0.05, 0) is 12.5 Å². The molecule has 0 aliphatic heterocycles. The van der Waals surface area contributed by atoms with Crippen LogP contribution in [0.3, 0.4) is 0 Å². The van der Waals surface area contributed by atoms with E-state index in [1.807, 2.05) is 30.6 Å². The number of ether oxygens (including phenoxy) is 1. The molecule has 3 nitrogen and oxygen atoms in total. The third-order valence-electron chi connectivity index (χ3n) is 2.90. The van der Waals surface area contributed by atoms with Gasteiger partial charge in [0.1, 0.15) is 0 Å². The predicted octanol–water partition coefficient (Wildman–Crippen LogP) is 2.39. The van der Waals surface area contributed by atoms with Gasteiger partial charge in [0.15, 0.2) is 18.9 Å². The highest BCUT2D eigenvalue weighted by molar-refractivity contribution is 5.88. The number of esters is 1. The van der Waals surface area contributed by atoms with Crippen LogP contribution in [0.4, 0.5) is 0 Å². The zero-order valence-electron chi connectivity index (χ0n) is 11.1. The normalized spacial score (nSPS) is 10.2. The van der Waals surface area contributed by atoms with Gasteiger partial charge >= 0.3 is 5.97 Å². The zero-order valence-corrected chi connectivity index (χ0v) is 11.1. The Hall–Kier alpha value is -2.16. The summed E-state index contributed by atoms with van der Waals surface area (Å²) in [6.45, 7) is 3.11. The van der Waals surface area contributed by atoms with Crippen molar-refractivity contribution in [3.8, 4) is 0 Å². The van der Waals surface area contributed by atoms with Crippen LogP contribution >= 0.6 is 0 Å². The van der Waals surface area contributed by atoms with Crippen LogP contribution < -0.4 is 4.57 Å². The van der Waals surface area contributed by atoms with E-state index in [2.05, 4.69) is 16.7 Å². The molecule has 0 aliphatic carbocycles. The van der Waals surface area contributed by atoms with Crippen LogP contribution in [0.15, 0.2) is 54.9 Å². The Bertz CT molecular complexity index is 520. The minimum absolute atomic E-state index is 0.266. The van der Waals surface area contributed by atoms with Gasteiger partial charge in [-0.25, -0.2) is 9.36 Å². The summed E-state index contributed by atoms with van der Waals surface area (Å²) in [7, 11) is 0. The third kappa shape index (κ3) is 3.91. The summed E-state index contributed by atoms with van der Waals surface area (Å²) in [4.78, 5) is 11.5. The fourth-order valence-electron chi connectivity index (χ4n) is 1.86. The third-order valence-corrected chi connectivity index (χ3v) is 2.90. The number of rotatable bonds is 5. The Balaban J connectivity index is 1.94. The molecule has 0 saturated carbocycles. The first-order valence-corrected chi connectivity index (χ1v) is 6.49. The molecule has 0 atom stereocenters. The summed E-state index contributed by atoms with van der Waals surface area (Å²) in [5, 5.41) is 0. The van der Waals surface area contributed by atoms with E-state index in [4.69, 9.17) is 4.74 Å². The van der Waals surface area contributed by atoms with Crippen molar-refractivity contribution in [1.82, 2.24) is 0 Å². The van der Waals surface area contributed by atoms with Crippen LogP contribution in [0.2, 0.25) is 0 Å². The molecule has 3 heteroatoms. The number of hydrogen-bond acceptors (Lipinski definition) is 2. The van der Waals surface area contributed by atoms with Gasteiger partial charge in [0.05, 0.1) is 12.2 Å². The highest BCUT2D eigenvalue weighted by atomic mass is 16.5. The van der Waals surface area contributed by atoms with E-state index in [0.29, 0.717) is 12.2 Å². The quantitative estimate of drug-likeness (QED) is 0.607. The minimum Gasteiger partial charge on any atom is -0.462 e. The maximum absolute atomic E-state index is 11.5. The first-order valence-electron chi connectivity index (χ1n) is 6.49. The number of carbonyl (C=O) groups excluding carboxylic acids is 1. The van der Waals surface area contributed by atoms with Crippen molar-refractivity contribution in [3.05, 3.63) is 66.0 Å². The number of nitrogens with zero attached hydrogens (tertiary/aromatic N) is 1. The molecular weight excluding hydrogens is 238 g/mol. The van der Waals surface area contributed by atoms with E-state index in [1.54, 1.807) is 19.1 Å². The minimum atomic E-state index is -0.266. The van der Waals surface area contributed by atoms with Crippen molar-refractivity contribution in [2.75, 3.05) is 6.61 Å². The van der Waals surface area contributed by atoms with E-state index in [1.165, 1.54) is 5.56 Å². The van der Waals surface area contributed by atoms with Crippen molar-refractivity contribution in [2.24, 2.45) is 0 Å². The number of aromatic nitrogens is 1. The highest BCUT2D eigenvalue weighted by Crippen LogP contribution is 2.01. The van der Waals surface area contributed by atoms with Crippen LogP contribution in [0.25, 0.3) is 0 Å². The lowest BCUT2D eigenvalue weighted by atomic mass is 10.1. The highest BCUT2D eigenvalue weighted by Gasteiger charge is 2.08. The Morgan fingerprint density at radius 1 is 1.11 bits per heavy atom. The lowest BCUT2D eigenvalue weighted by molar-refractivity contribution is -0.696. The molecule has 0 bridgehead atoms. The lowest BCUT2D eigenvalue weighted by Crippen LogP contribution is -2.34.